The number of carbonyl (C=O) groups is 1. The molecule has 0 saturated heterocycles. The summed E-state index contributed by atoms with van der Waals surface area (Å²) >= 11 is 0. The van der Waals surface area contributed by atoms with E-state index < -0.39 is 0 Å². The van der Waals surface area contributed by atoms with Crippen molar-refractivity contribution in [1.29, 1.82) is 0 Å². The predicted octanol–water partition coefficient (Wildman–Crippen LogP) is 3.62. The molecule has 2 aromatic carbocycles. The van der Waals surface area contributed by atoms with Gasteiger partial charge in [-0.3, -0.25) is 9.69 Å². The number of benzene rings is 2. The summed E-state index contributed by atoms with van der Waals surface area (Å²) in [7, 11) is 1.86. The number of amides is 1. The number of rotatable bonds is 2. The molecule has 0 fully saturated rings. The number of nitrogens with one attached hydrogen (secondary N) is 1. The van der Waals surface area contributed by atoms with Gasteiger partial charge >= 0.3 is 0 Å². The fourth-order valence-electron chi connectivity index (χ4n) is 3.29. The first-order valence-corrected chi connectivity index (χ1v) is 7.70. The molecular formula is C19H22N2O. The Morgan fingerprint density at radius 3 is 2.36 bits per heavy atom. The Labute approximate surface area is 132 Å². The van der Waals surface area contributed by atoms with Gasteiger partial charge < -0.3 is 5.32 Å². The molecule has 0 aromatic heterocycles. The maximum absolute atomic E-state index is 13.1. The maximum atomic E-state index is 13.1. The van der Waals surface area contributed by atoms with E-state index in [-0.39, 0.29) is 17.4 Å². The third-order valence-electron chi connectivity index (χ3n) is 4.47. The zero-order valence-corrected chi connectivity index (χ0v) is 13.3. The molecule has 1 aliphatic heterocycles. The summed E-state index contributed by atoms with van der Waals surface area (Å²) < 4.78 is 0. The van der Waals surface area contributed by atoms with E-state index in [9.17, 15) is 4.79 Å². The highest BCUT2D eigenvalue weighted by Crippen LogP contribution is 2.41. The summed E-state index contributed by atoms with van der Waals surface area (Å²) in [6.07, 6.45) is 0.780. The van der Waals surface area contributed by atoms with E-state index in [1.165, 1.54) is 5.56 Å². The molecule has 1 N–H and O–H groups in total. The maximum Gasteiger partial charge on any atom is 0.248 e. The number of hydrogen-bond acceptors (Lipinski definition) is 2. The van der Waals surface area contributed by atoms with Crippen LogP contribution in [-0.2, 0) is 10.2 Å². The SMILES string of the molecule is CNC1CC(C)(C)c2ccccc2N(c2ccccc2)C1=O. The minimum absolute atomic E-state index is 0.0660. The lowest BCUT2D eigenvalue weighted by Gasteiger charge is -2.27. The van der Waals surface area contributed by atoms with Crippen molar-refractivity contribution in [2.24, 2.45) is 0 Å². The topological polar surface area (TPSA) is 32.3 Å². The molecule has 3 nitrogen and oxygen atoms in total. The fraction of sp³-hybridized carbons (Fsp3) is 0.316. The second kappa shape index (κ2) is 5.58. The Bertz CT molecular complexity index is 679. The Kier molecular flexibility index (Phi) is 3.75. The smallest absolute Gasteiger partial charge is 0.248 e. The van der Waals surface area contributed by atoms with Gasteiger partial charge in [-0.25, -0.2) is 0 Å². The Morgan fingerprint density at radius 1 is 1.05 bits per heavy atom. The standard InChI is InChI=1S/C19H22N2O/c1-19(2)13-16(20-3)18(22)21(14-9-5-4-6-10-14)17-12-8-7-11-15(17)19/h4-12,16,20H,13H2,1-3H3. The first-order chi connectivity index (χ1) is 10.5. The highest BCUT2D eigenvalue weighted by molar-refractivity contribution is 6.05. The van der Waals surface area contributed by atoms with Crippen LogP contribution in [0.2, 0.25) is 0 Å². The molecule has 0 aliphatic carbocycles. The fourth-order valence-corrected chi connectivity index (χ4v) is 3.29. The van der Waals surface area contributed by atoms with Crippen molar-refractivity contribution in [3.63, 3.8) is 0 Å². The zero-order valence-electron chi connectivity index (χ0n) is 13.3. The van der Waals surface area contributed by atoms with E-state index in [1.807, 2.05) is 60.5 Å². The first kappa shape index (κ1) is 14.8. The quantitative estimate of drug-likeness (QED) is 0.917. The van der Waals surface area contributed by atoms with E-state index in [0.717, 1.165) is 17.8 Å². The average Bonchev–Trinajstić information content (AvgIpc) is 2.62. The van der Waals surface area contributed by atoms with Crippen molar-refractivity contribution in [3.8, 4) is 0 Å². The lowest BCUT2D eigenvalue weighted by Crippen LogP contribution is -2.43. The molecule has 0 bridgehead atoms. The largest absolute Gasteiger partial charge is 0.309 e. The van der Waals surface area contributed by atoms with Gasteiger partial charge in [0.2, 0.25) is 5.91 Å². The van der Waals surface area contributed by atoms with Crippen LogP contribution < -0.4 is 10.2 Å². The van der Waals surface area contributed by atoms with Gasteiger partial charge in [-0.05, 0) is 42.6 Å². The Balaban J connectivity index is 2.23. The summed E-state index contributed by atoms with van der Waals surface area (Å²) in [6, 6.07) is 17.9. The summed E-state index contributed by atoms with van der Waals surface area (Å²) in [5.74, 6) is 0.103. The molecule has 0 spiro atoms. The van der Waals surface area contributed by atoms with Crippen LogP contribution in [0.15, 0.2) is 54.6 Å². The predicted molar refractivity (Wildman–Crippen MR) is 90.5 cm³/mol. The van der Waals surface area contributed by atoms with Crippen molar-refractivity contribution in [1.82, 2.24) is 5.32 Å². The first-order valence-electron chi connectivity index (χ1n) is 7.70. The van der Waals surface area contributed by atoms with Crippen LogP contribution in [0, 0.1) is 0 Å². The van der Waals surface area contributed by atoms with E-state index in [4.69, 9.17) is 0 Å². The molecule has 0 radical (unpaired) electrons. The Morgan fingerprint density at radius 2 is 1.68 bits per heavy atom. The number of likely N-dealkylation sites (N-methyl/N-ethyl adjacent to an activating group) is 1. The molecule has 0 saturated carbocycles. The minimum atomic E-state index is -0.192. The van der Waals surface area contributed by atoms with Crippen LogP contribution in [0.5, 0.6) is 0 Å². The molecule has 22 heavy (non-hydrogen) atoms. The summed E-state index contributed by atoms with van der Waals surface area (Å²) in [4.78, 5) is 14.9. The molecule has 3 heteroatoms. The number of para-hydroxylation sites is 2. The molecule has 1 heterocycles. The third kappa shape index (κ3) is 2.42. The molecule has 1 aliphatic rings. The van der Waals surface area contributed by atoms with Crippen molar-refractivity contribution >= 4 is 17.3 Å². The Hall–Kier alpha value is -2.13. The molecule has 114 valence electrons. The number of nitrogens with zero attached hydrogens (tertiary/aromatic N) is 1. The summed E-state index contributed by atoms with van der Waals surface area (Å²) in [6.45, 7) is 4.41. The molecule has 1 atom stereocenters. The van der Waals surface area contributed by atoms with Crippen LogP contribution in [0.4, 0.5) is 11.4 Å². The molecule has 3 rings (SSSR count). The van der Waals surface area contributed by atoms with Crippen molar-refractivity contribution in [3.05, 3.63) is 60.2 Å². The molecule has 1 unspecified atom stereocenters. The number of carbonyl (C=O) groups excluding carboxylic acids is 1. The lowest BCUT2D eigenvalue weighted by atomic mass is 9.79. The second-order valence-electron chi connectivity index (χ2n) is 6.46. The van der Waals surface area contributed by atoms with Crippen molar-refractivity contribution in [2.45, 2.75) is 31.7 Å². The van der Waals surface area contributed by atoms with Crippen LogP contribution in [0.1, 0.15) is 25.8 Å². The highest BCUT2D eigenvalue weighted by atomic mass is 16.2. The number of fused-ring (bicyclic) bond motifs is 1. The van der Waals surface area contributed by atoms with Crippen LogP contribution >= 0.6 is 0 Å². The third-order valence-corrected chi connectivity index (χ3v) is 4.47. The van der Waals surface area contributed by atoms with Gasteiger partial charge in [0.05, 0.1) is 11.7 Å². The van der Waals surface area contributed by atoms with Gasteiger partial charge in [-0.15, -0.1) is 0 Å². The number of anilines is 2. The monoisotopic (exact) mass is 294 g/mol. The van der Waals surface area contributed by atoms with E-state index >= 15 is 0 Å². The van der Waals surface area contributed by atoms with Gasteiger partial charge in [-0.2, -0.15) is 0 Å². The summed E-state index contributed by atoms with van der Waals surface area (Å²) in [5.41, 5.74) is 3.05. The summed E-state index contributed by atoms with van der Waals surface area (Å²) in [5, 5.41) is 3.19. The van der Waals surface area contributed by atoms with Crippen LogP contribution in [-0.4, -0.2) is 19.0 Å². The van der Waals surface area contributed by atoms with E-state index in [2.05, 4.69) is 25.2 Å². The van der Waals surface area contributed by atoms with Crippen LogP contribution in [0.25, 0.3) is 0 Å². The van der Waals surface area contributed by atoms with Gasteiger partial charge in [0, 0.05) is 5.69 Å². The van der Waals surface area contributed by atoms with E-state index in [0.29, 0.717) is 0 Å². The van der Waals surface area contributed by atoms with Gasteiger partial charge in [-0.1, -0.05) is 50.2 Å². The van der Waals surface area contributed by atoms with Crippen molar-refractivity contribution < 1.29 is 4.79 Å². The van der Waals surface area contributed by atoms with Gasteiger partial charge in [0.1, 0.15) is 0 Å². The highest BCUT2D eigenvalue weighted by Gasteiger charge is 2.38. The van der Waals surface area contributed by atoms with Gasteiger partial charge in [0.15, 0.2) is 0 Å². The molecule has 1 amide bonds. The van der Waals surface area contributed by atoms with Crippen molar-refractivity contribution in [2.75, 3.05) is 11.9 Å². The van der Waals surface area contributed by atoms with Crippen LogP contribution in [0.3, 0.4) is 0 Å². The second-order valence-corrected chi connectivity index (χ2v) is 6.46. The average molecular weight is 294 g/mol. The lowest BCUT2D eigenvalue weighted by molar-refractivity contribution is -0.120. The molecular weight excluding hydrogens is 272 g/mol. The number of hydrogen-bond donors (Lipinski definition) is 1. The minimum Gasteiger partial charge on any atom is -0.309 e. The normalized spacial score (nSPS) is 20.4. The van der Waals surface area contributed by atoms with E-state index in [1.54, 1.807) is 0 Å². The zero-order chi connectivity index (χ0) is 15.7. The van der Waals surface area contributed by atoms with Gasteiger partial charge in [0.25, 0.3) is 0 Å². The molecule has 2 aromatic rings.